The summed E-state index contributed by atoms with van der Waals surface area (Å²) in [6, 6.07) is 0. The van der Waals surface area contributed by atoms with Crippen LogP contribution in [0.5, 0.6) is 0 Å². The zero-order valence-corrected chi connectivity index (χ0v) is 11.9. The van der Waals surface area contributed by atoms with Crippen molar-refractivity contribution in [2.75, 3.05) is 13.1 Å². The van der Waals surface area contributed by atoms with Crippen molar-refractivity contribution < 1.29 is 0 Å². The first-order valence-electron chi connectivity index (χ1n) is 8.05. The van der Waals surface area contributed by atoms with Gasteiger partial charge in [0.05, 0.1) is 0 Å². The lowest BCUT2D eigenvalue weighted by atomic mass is 9.61. The summed E-state index contributed by atoms with van der Waals surface area (Å²) in [5.74, 6) is 4.23. The van der Waals surface area contributed by atoms with E-state index in [-0.39, 0.29) is 0 Å². The number of hydrogen-bond donors (Lipinski definition) is 1. The Kier molecular flexibility index (Phi) is 5.34. The van der Waals surface area contributed by atoms with Gasteiger partial charge in [0.1, 0.15) is 0 Å². The van der Waals surface area contributed by atoms with Crippen LogP contribution >= 0.6 is 0 Å². The topological polar surface area (TPSA) is 12.0 Å². The number of nitrogens with one attached hydrogen (secondary N) is 1. The van der Waals surface area contributed by atoms with Crippen molar-refractivity contribution >= 4 is 0 Å². The second-order valence-electron chi connectivity index (χ2n) is 6.41. The van der Waals surface area contributed by atoms with Gasteiger partial charge in [0, 0.05) is 0 Å². The Labute approximate surface area is 108 Å². The summed E-state index contributed by atoms with van der Waals surface area (Å²) in [5.41, 5.74) is 0. The third-order valence-corrected chi connectivity index (χ3v) is 5.32. The van der Waals surface area contributed by atoms with Crippen molar-refractivity contribution in [3.05, 3.63) is 0 Å². The summed E-state index contributed by atoms with van der Waals surface area (Å²) in [7, 11) is 0. The second kappa shape index (κ2) is 6.78. The highest BCUT2D eigenvalue weighted by molar-refractivity contribution is 4.89. The summed E-state index contributed by atoms with van der Waals surface area (Å²) >= 11 is 0. The Bertz CT molecular complexity index is 214. The van der Waals surface area contributed by atoms with E-state index in [2.05, 4.69) is 19.2 Å². The van der Waals surface area contributed by atoms with Gasteiger partial charge in [0.25, 0.3) is 0 Å². The Morgan fingerprint density at radius 2 is 1.94 bits per heavy atom. The molecular weight excluding hydrogens is 206 g/mol. The van der Waals surface area contributed by atoms with E-state index in [1.807, 2.05) is 0 Å². The van der Waals surface area contributed by atoms with Gasteiger partial charge in [0.2, 0.25) is 0 Å². The molecule has 0 saturated heterocycles. The van der Waals surface area contributed by atoms with Crippen molar-refractivity contribution in [3.8, 4) is 0 Å². The molecule has 0 aromatic rings. The lowest BCUT2D eigenvalue weighted by Gasteiger charge is -2.45. The first-order valence-corrected chi connectivity index (χ1v) is 8.05. The molecule has 2 rings (SSSR count). The van der Waals surface area contributed by atoms with Gasteiger partial charge < -0.3 is 5.32 Å². The van der Waals surface area contributed by atoms with Gasteiger partial charge in [-0.15, -0.1) is 0 Å². The largest absolute Gasteiger partial charge is 0.316 e. The van der Waals surface area contributed by atoms with E-state index in [0.717, 1.165) is 23.7 Å². The molecule has 0 radical (unpaired) electrons. The van der Waals surface area contributed by atoms with E-state index < -0.39 is 0 Å². The van der Waals surface area contributed by atoms with E-state index in [1.54, 1.807) is 6.42 Å². The zero-order chi connectivity index (χ0) is 12.1. The van der Waals surface area contributed by atoms with Crippen LogP contribution in [0.25, 0.3) is 0 Å². The number of hydrogen-bond acceptors (Lipinski definition) is 1. The summed E-state index contributed by atoms with van der Waals surface area (Å²) < 4.78 is 0. The smallest absolute Gasteiger partial charge is 0.00178 e. The summed E-state index contributed by atoms with van der Waals surface area (Å²) in [6.07, 6.45) is 11.8. The predicted molar refractivity (Wildman–Crippen MR) is 75.1 cm³/mol. The molecule has 4 atom stereocenters. The normalized spacial score (nSPS) is 37.8. The lowest BCUT2D eigenvalue weighted by molar-refractivity contribution is 0.0621. The lowest BCUT2D eigenvalue weighted by Crippen LogP contribution is -2.40. The maximum Gasteiger partial charge on any atom is -0.00178 e. The summed E-state index contributed by atoms with van der Waals surface area (Å²) in [6.45, 7) is 7.16. The Balaban J connectivity index is 1.73. The average molecular weight is 237 g/mol. The molecular formula is C16H31N. The minimum atomic E-state index is 1.02. The molecule has 2 saturated carbocycles. The van der Waals surface area contributed by atoms with E-state index in [4.69, 9.17) is 0 Å². The van der Waals surface area contributed by atoms with Crippen LogP contribution in [0.15, 0.2) is 0 Å². The van der Waals surface area contributed by atoms with Gasteiger partial charge in [-0.05, 0) is 62.4 Å². The summed E-state index contributed by atoms with van der Waals surface area (Å²) in [4.78, 5) is 0. The van der Waals surface area contributed by atoms with Gasteiger partial charge in [-0.1, -0.05) is 39.5 Å². The molecule has 1 heteroatoms. The minimum absolute atomic E-state index is 1.02. The molecule has 0 aromatic heterocycles. The standard InChI is InChI=1S/C16H31N/c1-3-10-17-12-15-8-9-16(15)14-7-5-6-13(4-2)11-14/h13-17H,3-12H2,1-2H3. The van der Waals surface area contributed by atoms with Crippen LogP contribution in [0.2, 0.25) is 0 Å². The van der Waals surface area contributed by atoms with Crippen LogP contribution in [-0.4, -0.2) is 13.1 Å². The van der Waals surface area contributed by atoms with E-state index in [1.165, 1.54) is 58.0 Å². The maximum atomic E-state index is 3.63. The molecule has 4 unspecified atom stereocenters. The maximum absolute atomic E-state index is 3.63. The molecule has 2 aliphatic carbocycles. The number of rotatable bonds is 6. The quantitative estimate of drug-likeness (QED) is 0.682. The van der Waals surface area contributed by atoms with E-state index in [9.17, 15) is 0 Å². The third-order valence-electron chi connectivity index (χ3n) is 5.32. The van der Waals surface area contributed by atoms with Gasteiger partial charge in [-0.2, -0.15) is 0 Å². The van der Waals surface area contributed by atoms with Gasteiger partial charge >= 0.3 is 0 Å². The zero-order valence-electron chi connectivity index (χ0n) is 11.9. The molecule has 17 heavy (non-hydrogen) atoms. The monoisotopic (exact) mass is 237 g/mol. The Morgan fingerprint density at radius 3 is 2.59 bits per heavy atom. The fourth-order valence-electron chi connectivity index (χ4n) is 4.03. The highest BCUT2D eigenvalue weighted by atomic mass is 14.9. The molecule has 1 N–H and O–H groups in total. The first-order chi connectivity index (χ1) is 8.35. The molecule has 0 bridgehead atoms. The molecule has 2 aliphatic rings. The first kappa shape index (κ1) is 13.4. The van der Waals surface area contributed by atoms with Crippen molar-refractivity contribution in [1.82, 2.24) is 5.32 Å². The molecule has 2 fully saturated rings. The third kappa shape index (κ3) is 3.47. The average Bonchev–Trinajstić information content (AvgIpc) is 2.33. The molecule has 0 aromatic carbocycles. The molecule has 0 amide bonds. The fraction of sp³-hybridized carbons (Fsp3) is 1.00. The van der Waals surface area contributed by atoms with Crippen LogP contribution in [0.1, 0.15) is 65.2 Å². The fourth-order valence-corrected chi connectivity index (χ4v) is 4.03. The minimum Gasteiger partial charge on any atom is -0.316 e. The molecule has 0 heterocycles. The van der Waals surface area contributed by atoms with Crippen molar-refractivity contribution in [2.45, 2.75) is 65.2 Å². The second-order valence-corrected chi connectivity index (χ2v) is 6.41. The molecule has 1 nitrogen and oxygen atoms in total. The Hall–Kier alpha value is -0.0400. The van der Waals surface area contributed by atoms with Crippen LogP contribution in [0.4, 0.5) is 0 Å². The van der Waals surface area contributed by atoms with Crippen molar-refractivity contribution in [1.29, 1.82) is 0 Å². The SMILES string of the molecule is CCCNCC1CCC1C1CCCC(CC)C1. The highest BCUT2D eigenvalue weighted by Crippen LogP contribution is 2.46. The van der Waals surface area contributed by atoms with Crippen LogP contribution < -0.4 is 5.32 Å². The van der Waals surface area contributed by atoms with Crippen LogP contribution in [0.3, 0.4) is 0 Å². The predicted octanol–water partition coefficient (Wildman–Crippen LogP) is 4.23. The molecule has 0 aliphatic heterocycles. The van der Waals surface area contributed by atoms with E-state index in [0.29, 0.717) is 0 Å². The van der Waals surface area contributed by atoms with Crippen molar-refractivity contribution in [2.24, 2.45) is 23.7 Å². The highest BCUT2D eigenvalue weighted by Gasteiger charge is 2.38. The molecule has 100 valence electrons. The van der Waals surface area contributed by atoms with E-state index >= 15 is 0 Å². The van der Waals surface area contributed by atoms with Crippen LogP contribution in [0, 0.1) is 23.7 Å². The van der Waals surface area contributed by atoms with Crippen LogP contribution in [-0.2, 0) is 0 Å². The van der Waals surface area contributed by atoms with Crippen molar-refractivity contribution in [3.63, 3.8) is 0 Å². The van der Waals surface area contributed by atoms with Gasteiger partial charge in [0.15, 0.2) is 0 Å². The molecule has 0 spiro atoms. The summed E-state index contributed by atoms with van der Waals surface area (Å²) in [5, 5.41) is 3.63. The van der Waals surface area contributed by atoms with Gasteiger partial charge in [-0.25, -0.2) is 0 Å². The Morgan fingerprint density at radius 1 is 1.06 bits per heavy atom. The van der Waals surface area contributed by atoms with Gasteiger partial charge in [-0.3, -0.25) is 0 Å².